The van der Waals surface area contributed by atoms with E-state index in [1.807, 2.05) is 0 Å². The van der Waals surface area contributed by atoms with Crippen molar-refractivity contribution in [3.8, 4) is 0 Å². The van der Waals surface area contributed by atoms with Crippen LogP contribution in [0.2, 0.25) is 0 Å². The molecule has 0 saturated heterocycles. The average molecular weight is 198 g/mol. The Morgan fingerprint density at radius 3 is 2.23 bits per heavy atom. The molecule has 5 heteroatoms. The van der Waals surface area contributed by atoms with E-state index in [2.05, 4.69) is 4.99 Å². The molecule has 0 aliphatic heterocycles. The third kappa shape index (κ3) is 2.64. The van der Waals surface area contributed by atoms with Crippen LogP contribution in [0.1, 0.15) is 6.92 Å². The standard InChI is InChI=1S/C8H10N2O2S/c1-2-10-7-3-5-8(6-4-7)13(9,11)12/h2-6H,1H3,(H2,9,11,12). The summed E-state index contributed by atoms with van der Waals surface area (Å²) in [7, 11) is -3.59. The minimum absolute atomic E-state index is 0.0996. The number of rotatable bonds is 2. The largest absolute Gasteiger partial charge is 0.262 e. The summed E-state index contributed by atoms with van der Waals surface area (Å²) < 4.78 is 21.7. The first kappa shape index (κ1) is 9.88. The monoisotopic (exact) mass is 198 g/mol. The van der Waals surface area contributed by atoms with Crippen molar-refractivity contribution in [1.29, 1.82) is 0 Å². The number of primary sulfonamides is 1. The Bertz CT molecular complexity index is 406. The molecule has 0 saturated carbocycles. The van der Waals surface area contributed by atoms with Gasteiger partial charge in [0.25, 0.3) is 0 Å². The summed E-state index contributed by atoms with van der Waals surface area (Å²) in [5, 5.41) is 4.91. The number of benzene rings is 1. The van der Waals surface area contributed by atoms with Gasteiger partial charge < -0.3 is 0 Å². The Balaban J connectivity index is 3.08. The molecule has 4 nitrogen and oxygen atoms in total. The fourth-order valence-corrected chi connectivity index (χ4v) is 1.39. The number of hydrogen-bond donors (Lipinski definition) is 1. The third-order valence-electron chi connectivity index (χ3n) is 1.44. The smallest absolute Gasteiger partial charge is 0.238 e. The summed E-state index contributed by atoms with van der Waals surface area (Å²) >= 11 is 0. The second-order valence-corrected chi connectivity index (χ2v) is 3.99. The summed E-state index contributed by atoms with van der Waals surface area (Å²) in [4.78, 5) is 4.07. The van der Waals surface area contributed by atoms with Crippen LogP contribution in [0.15, 0.2) is 34.2 Å². The highest BCUT2D eigenvalue weighted by Gasteiger charge is 2.05. The molecule has 1 aromatic carbocycles. The van der Waals surface area contributed by atoms with Gasteiger partial charge in [-0.05, 0) is 31.2 Å². The molecular weight excluding hydrogens is 188 g/mol. The molecule has 0 radical (unpaired) electrons. The van der Waals surface area contributed by atoms with E-state index in [1.165, 1.54) is 12.1 Å². The molecule has 70 valence electrons. The highest BCUT2D eigenvalue weighted by molar-refractivity contribution is 7.89. The lowest BCUT2D eigenvalue weighted by Crippen LogP contribution is -2.11. The minimum atomic E-state index is -3.59. The van der Waals surface area contributed by atoms with Gasteiger partial charge in [-0.15, -0.1) is 0 Å². The molecule has 0 amide bonds. The van der Waals surface area contributed by atoms with Crippen LogP contribution in [0.3, 0.4) is 0 Å². The van der Waals surface area contributed by atoms with E-state index in [0.29, 0.717) is 5.69 Å². The topological polar surface area (TPSA) is 72.5 Å². The normalized spacial score (nSPS) is 12.2. The molecule has 0 atom stereocenters. The molecule has 0 aliphatic rings. The maximum absolute atomic E-state index is 10.8. The van der Waals surface area contributed by atoms with Gasteiger partial charge in [-0.3, -0.25) is 4.99 Å². The van der Waals surface area contributed by atoms with Crippen LogP contribution >= 0.6 is 0 Å². The van der Waals surface area contributed by atoms with Gasteiger partial charge in [0.05, 0.1) is 10.6 Å². The second-order valence-electron chi connectivity index (χ2n) is 2.43. The molecule has 0 fully saturated rings. The molecular formula is C8H10N2O2S. The number of aliphatic imine (C=N–C) groups is 1. The van der Waals surface area contributed by atoms with Gasteiger partial charge in [0.2, 0.25) is 10.0 Å². The zero-order valence-electron chi connectivity index (χ0n) is 7.14. The zero-order chi connectivity index (χ0) is 9.90. The molecule has 13 heavy (non-hydrogen) atoms. The molecule has 1 aromatic rings. The summed E-state index contributed by atoms with van der Waals surface area (Å²) in [5.74, 6) is 0. The van der Waals surface area contributed by atoms with Crippen molar-refractivity contribution >= 4 is 21.9 Å². The molecule has 0 unspecified atom stereocenters. The minimum Gasteiger partial charge on any atom is -0.262 e. The molecule has 0 bridgehead atoms. The average Bonchev–Trinajstić information content (AvgIpc) is 2.04. The maximum atomic E-state index is 10.8. The van der Waals surface area contributed by atoms with Crippen molar-refractivity contribution in [1.82, 2.24) is 0 Å². The van der Waals surface area contributed by atoms with Crippen molar-refractivity contribution in [3.05, 3.63) is 24.3 Å². The summed E-state index contributed by atoms with van der Waals surface area (Å²) in [5.41, 5.74) is 0.704. The lowest BCUT2D eigenvalue weighted by molar-refractivity contribution is 0.598. The lowest BCUT2D eigenvalue weighted by atomic mass is 10.3. The third-order valence-corrected chi connectivity index (χ3v) is 2.37. The number of nitrogens with zero attached hydrogens (tertiary/aromatic N) is 1. The fraction of sp³-hybridized carbons (Fsp3) is 0.125. The first-order valence-corrected chi connectivity index (χ1v) is 5.20. The maximum Gasteiger partial charge on any atom is 0.238 e. The van der Waals surface area contributed by atoms with Gasteiger partial charge in [-0.1, -0.05) is 0 Å². The van der Waals surface area contributed by atoms with E-state index >= 15 is 0 Å². The van der Waals surface area contributed by atoms with Crippen molar-refractivity contribution < 1.29 is 8.42 Å². The van der Waals surface area contributed by atoms with Crippen LogP contribution in [0.4, 0.5) is 5.69 Å². The van der Waals surface area contributed by atoms with E-state index in [1.54, 1.807) is 25.3 Å². The summed E-state index contributed by atoms with van der Waals surface area (Å²) in [6.07, 6.45) is 1.63. The van der Waals surface area contributed by atoms with Gasteiger partial charge in [-0.2, -0.15) is 0 Å². The number of sulfonamides is 1. The predicted molar refractivity (Wildman–Crippen MR) is 51.6 cm³/mol. The van der Waals surface area contributed by atoms with Crippen molar-refractivity contribution in [2.75, 3.05) is 0 Å². The Hall–Kier alpha value is -1.20. The van der Waals surface area contributed by atoms with Crippen LogP contribution in [0.5, 0.6) is 0 Å². The zero-order valence-corrected chi connectivity index (χ0v) is 7.95. The first-order chi connectivity index (χ1) is 6.04. The molecule has 1 rings (SSSR count). The fourth-order valence-electron chi connectivity index (χ4n) is 0.871. The summed E-state index contributed by atoms with van der Waals surface area (Å²) in [6, 6.07) is 6.05. The van der Waals surface area contributed by atoms with Crippen LogP contribution in [0, 0.1) is 0 Å². The van der Waals surface area contributed by atoms with Gasteiger partial charge in [0.1, 0.15) is 0 Å². The summed E-state index contributed by atoms with van der Waals surface area (Å²) in [6.45, 7) is 1.79. The Morgan fingerprint density at radius 1 is 1.31 bits per heavy atom. The van der Waals surface area contributed by atoms with Gasteiger partial charge in [-0.25, -0.2) is 13.6 Å². The Labute approximate surface area is 77.2 Å². The van der Waals surface area contributed by atoms with Crippen LogP contribution in [-0.4, -0.2) is 14.6 Å². The Morgan fingerprint density at radius 2 is 1.85 bits per heavy atom. The van der Waals surface area contributed by atoms with Crippen LogP contribution in [-0.2, 0) is 10.0 Å². The number of nitrogens with two attached hydrogens (primary N) is 1. The van der Waals surface area contributed by atoms with Crippen molar-refractivity contribution in [3.63, 3.8) is 0 Å². The van der Waals surface area contributed by atoms with E-state index in [0.717, 1.165) is 0 Å². The predicted octanol–water partition coefficient (Wildman–Crippen LogP) is 1.06. The SMILES string of the molecule is CC=Nc1ccc(S(N)(=O)=O)cc1. The van der Waals surface area contributed by atoms with Gasteiger partial charge in [0, 0.05) is 6.21 Å². The quantitative estimate of drug-likeness (QED) is 0.721. The highest BCUT2D eigenvalue weighted by Crippen LogP contribution is 2.14. The molecule has 0 aromatic heterocycles. The lowest BCUT2D eigenvalue weighted by Gasteiger charge is -1.97. The van der Waals surface area contributed by atoms with Crippen LogP contribution in [0.25, 0.3) is 0 Å². The van der Waals surface area contributed by atoms with E-state index < -0.39 is 10.0 Å². The van der Waals surface area contributed by atoms with Gasteiger partial charge in [0.15, 0.2) is 0 Å². The molecule has 0 heterocycles. The van der Waals surface area contributed by atoms with E-state index in [4.69, 9.17) is 5.14 Å². The Kier molecular flexibility index (Phi) is 2.79. The van der Waals surface area contributed by atoms with Crippen molar-refractivity contribution in [2.45, 2.75) is 11.8 Å². The second kappa shape index (κ2) is 3.68. The van der Waals surface area contributed by atoms with Crippen molar-refractivity contribution in [2.24, 2.45) is 10.1 Å². The first-order valence-electron chi connectivity index (χ1n) is 3.65. The van der Waals surface area contributed by atoms with Crippen LogP contribution < -0.4 is 5.14 Å². The van der Waals surface area contributed by atoms with E-state index in [-0.39, 0.29) is 4.90 Å². The highest BCUT2D eigenvalue weighted by atomic mass is 32.2. The molecule has 2 N–H and O–H groups in total. The molecule has 0 spiro atoms. The molecule has 0 aliphatic carbocycles. The van der Waals surface area contributed by atoms with E-state index in [9.17, 15) is 8.42 Å². The van der Waals surface area contributed by atoms with Gasteiger partial charge >= 0.3 is 0 Å². The number of hydrogen-bond acceptors (Lipinski definition) is 3.